The monoisotopic (exact) mass is 298 g/mol. The number of nitrogen functional groups attached to an aromatic ring is 1. The van der Waals surface area contributed by atoms with Crippen LogP contribution in [0, 0.1) is 5.92 Å². The second kappa shape index (κ2) is 6.01. The molecule has 0 heterocycles. The number of anilines is 1. The maximum atomic E-state index is 12.4. The van der Waals surface area contributed by atoms with E-state index in [2.05, 4.69) is 11.6 Å². The zero-order valence-electron chi connectivity index (χ0n) is 11.9. The molecular weight excluding hydrogens is 276 g/mol. The summed E-state index contributed by atoms with van der Waals surface area (Å²) in [6.07, 6.45) is 3.89. The molecule has 0 aliphatic heterocycles. The first-order valence-electron chi connectivity index (χ1n) is 6.88. The van der Waals surface area contributed by atoms with Crippen LogP contribution >= 0.6 is 0 Å². The van der Waals surface area contributed by atoms with E-state index in [9.17, 15) is 8.42 Å². The molecule has 3 N–H and O–H groups in total. The molecule has 0 bridgehead atoms. The Hall–Kier alpha value is -1.27. The zero-order valence-corrected chi connectivity index (χ0v) is 12.7. The van der Waals surface area contributed by atoms with Crippen LogP contribution in [-0.4, -0.2) is 21.6 Å². The number of benzene rings is 1. The smallest absolute Gasteiger partial charge is 0.242 e. The number of nitrogens with one attached hydrogen (secondary N) is 1. The van der Waals surface area contributed by atoms with Crippen molar-refractivity contribution in [3.63, 3.8) is 0 Å². The highest BCUT2D eigenvalue weighted by molar-refractivity contribution is 7.89. The second-order valence-electron chi connectivity index (χ2n) is 5.48. The SMILES string of the molecule is COc1ccc(S(=O)(=O)NC2CCC(C)CC2)c(N)c1. The number of nitrogens with two attached hydrogens (primary N) is 1. The van der Waals surface area contributed by atoms with E-state index >= 15 is 0 Å². The Bertz CT molecular complexity index is 564. The third kappa shape index (κ3) is 3.43. The number of sulfonamides is 1. The Balaban J connectivity index is 2.14. The van der Waals surface area contributed by atoms with E-state index < -0.39 is 10.0 Å². The number of rotatable bonds is 4. The molecule has 6 heteroatoms. The lowest BCUT2D eigenvalue weighted by molar-refractivity contribution is 0.332. The maximum absolute atomic E-state index is 12.4. The van der Waals surface area contributed by atoms with Crippen LogP contribution in [0.1, 0.15) is 32.6 Å². The van der Waals surface area contributed by atoms with Crippen LogP contribution in [0.2, 0.25) is 0 Å². The second-order valence-corrected chi connectivity index (χ2v) is 7.16. The Morgan fingerprint density at radius 1 is 1.25 bits per heavy atom. The van der Waals surface area contributed by atoms with Gasteiger partial charge in [-0.1, -0.05) is 6.92 Å². The summed E-state index contributed by atoms with van der Waals surface area (Å²) in [7, 11) is -2.05. The van der Waals surface area contributed by atoms with Gasteiger partial charge in [0.1, 0.15) is 10.6 Å². The summed E-state index contributed by atoms with van der Waals surface area (Å²) in [6, 6.07) is 4.63. The Morgan fingerprint density at radius 3 is 2.45 bits per heavy atom. The normalized spacial score (nSPS) is 23.5. The maximum Gasteiger partial charge on any atom is 0.242 e. The van der Waals surface area contributed by atoms with E-state index in [-0.39, 0.29) is 16.6 Å². The first-order valence-corrected chi connectivity index (χ1v) is 8.36. The van der Waals surface area contributed by atoms with Crippen molar-refractivity contribution < 1.29 is 13.2 Å². The predicted octanol–water partition coefficient (Wildman–Crippen LogP) is 2.13. The molecule has 0 radical (unpaired) electrons. The van der Waals surface area contributed by atoms with Gasteiger partial charge in [-0.2, -0.15) is 0 Å². The summed E-state index contributed by atoms with van der Waals surface area (Å²) in [4.78, 5) is 0.122. The van der Waals surface area contributed by atoms with Gasteiger partial charge in [-0.25, -0.2) is 13.1 Å². The molecule has 0 atom stereocenters. The highest BCUT2D eigenvalue weighted by Gasteiger charge is 2.25. The molecule has 5 nitrogen and oxygen atoms in total. The fraction of sp³-hybridized carbons (Fsp3) is 0.571. The Morgan fingerprint density at radius 2 is 1.90 bits per heavy atom. The van der Waals surface area contributed by atoms with E-state index in [1.807, 2.05) is 0 Å². The topological polar surface area (TPSA) is 81.4 Å². The summed E-state index contributed by atoms with van der Waals surface area (Å²) in [5.41, 5.74) is 6.02. The van der Waals surface area contributed by atoms with Crippen molar-refractivity contribution in [2.24, 2.45) is 5.92 Å². The largest absolute Gasteiger partial charge is 0.497 e. The third-order valence-corrected chi connectivity index (χ3v) is 5.44. The van der Waals surface area contributed by atoms with Gasteiger partial charge in [-0.05, 0) is 43.7 Å². The number of ether oxygens (including phenoxy) is 1. The fourth-order valence-electron chi connectivity index (χ4n) is 2.56. The van der Waals surface area contributed by atoms with Gasteiger partial charge in [0.2, 0.25) is 10.0 Å². The molecular formula is C14H22N2O3S. The highest BCUT2D eigenvalue weighted by Crippen LogP contribution is 2.27. The zero-order chi connectivity index (χ0) is 14.8. The van der Waals surface area contributed by atoms with Gasteiger partial charge in [-0.3, -0.25) is 0 Å². The van der Waals surface area contributed by atoms with Gasteiger partial charge in [0.25, 0.3) is 0 Å². The molecule has 1 fully saturated rings. The fourth-order valence-corrected chi connectivity index (χ4v) is 3.98. The van der Waals surface area contributed by atoms with Crippen LogP contribution in [0.5, 0.6) is 5.75 Å². The molecule has 1 aromatic carbocycles. The summed E-state index contributed by atoms with van der Waals surface area (Å²) in [5.74, 6) is 1.23. The third-order valence-electron chi connectivity index (χ3n) is 3.84. The van der Waals surface area contributed by atoms with Crippen molar-refractivity contribution in [2.45, 2.75) is 43.5 Å². The molecule has 0 aromatic heterocycles. The van der Waals surface area contributed by atoms with Crippen molar-refractivity contribution in [2.75, 3.05) is 12.8 Å². The molecule has 0 saturated heterocycles. The lowest BCUT2D eigenvalue weighted by atomic mass is 9.88. The standard InChI is InChI=1S/C14H22N2O3S/c1-10-3-5-11(6-4-10)16-20(17,18)14-8-7-12(19-2)9-13(14)15/h7-11,16H,3-6,15H2,1-2H3. The molecule has 0 amide bonds. The minimum absolute atomic E-state index is 0.0118. The molecule has 112 valence electrons. The molecule has 1 saturated carbocycles. The quantitative estimate of drug-likeness (QED) is 0.834. The number of methoxy groups -OCH3 is 1. The summed E-state index contributed by atoms with van der Waals surface area (Å²) in [5, 5.41) is 0. The van der Waals surface area contributed by atoms with Crippen LogP contribution in [0.25, 0.3) is 0 Å². The molecule has 2 rings (SSSR count). The van der Waals surface area contributed by atoms with Crippen LogP contribution in [0.4, 0.5) is 5.69 Å². The van der Waals surface area contributed by atoms with Gasteiger partial charge >= 0.3 is 0 Å². The lowest BCUT2D eigenvalue weighted by Crippen LogP contribution is -2.37. The van der Waals surface area contributed by atoms with Gasteiger partial charge in [0.15, 0.2) is 0 Å². The molecule has 0 spiro atoms. The first-order chi connectivity index (χ1) is 9.42. The first kappa shape index (κ1) is 15.1. The van der Waals surface area contributed by atoms with E-state index in [4.69, 9.17) is 10.5 Å². The number of hydrogen-bond acceptors (Lipinski definition) is 4. The van der Waals surface area contributed by atoms with Crippen molar-refractivity contribution in [3.05, 3.63) is 18.2 Å². The summed E-state index contributed by atoms with van der Waals surface area (Å²) in [6.45, 7) is 2.20. The number of hydrogen-bond donors (Lipinski definition) is 2. The van der Waals surface area contributed by atoms with Crippen molar-refractivity contribution in [1.29, 1.82) is 0 Å². The van der Waals surface area contributed by atoms with Crippen LogP contribution in [0.3, 0.4) is 0 Å². The van der Waals surface area contributed by atoms with Gasteiger partial charge < -0.3 is 10.5 Å². The van der Waals surface area contributed by atoms with Crippen LogP contribution in [-0.2, 0) is 10.0 Å². The predicted molar refractivity (Wildman–Crippen MR) is 79.1 cm³/mol. The average molecular weight is 298 g/mol. The molecule has 1 aliphatic carbocycles. The summed E-state index contributed by atoms with van der Waals surface area (Å²) >= 11 is 0. The van der Waals surface area contributed by atoms with Gasteiger partial charge in [0, 0.05) is 12.1 Å². The highest BCUT2D eigenvalue weighted by atomic mass is 32.2. The van der Waals surface area contributed by atoms with Gasteiger partial charge in [-0.15, -0.1) is 0 Å². The van der Waals surface area contributed by atoms with Crippen LogP contribution in [0.15, 0.2) is 23.1 Å². The van der Waals surface area contributed by atoms with Crippen molar-refractivity contribution in [3.8, 4) is 5.75 Å². The lowest BCUT2D eigenvalue weighted by Gasteiger charge is -2.26. The average Bonchev–Trinajstić information content (AvgIpc) is 2.40. The molecule has 20 heavy (non-hydrogen) atoms. The van der Waals surface area contributed by atoms with Crippen molar-refractivity contribution in [1.82, 2.24) is 4.72 Å². The van der Waals surface area contributed by atoms with E-state index in [1.54, 1.807) is 6.07 Å². The molecule has 1 aromatic rings. The minimum Gasteiger partial charge on any atom is -0.497 e. The summed E-state index contributed by atoms with van der Waals surface area (Å²) < 4.78 is 32.5. The minimum atomic E-state index is -3.56. The van der Waals surface area contributed by atoms with Crippen molar-refractivity contribution >= 4 is 15.7 Å². The molecule has 0 unspecified atom stereocenters. The van der Waals surface area contributed by atoms with E-state index in [0.717, 1.165) is 25.7 Å². The van der Waals surface area contributed by atoms with E-state index in [0.29, 0.717) is 11.7 Å². The van der Waals surface area contributed by atoms with E-state index in [1.165, 1.54) is 19.2 Å². The Labute approximate surface area is 120 Å². The molecule has 1 aliphatic rings. The van der Waals surface area contributed by atoms with Crippen LogP contribution < -0.4 is 15.2 Å². The van der Waals surface area contributed by atoms with Gasteiger partial charge in [0.05, 0.1) is 12.8 Å². The Kier molecular flexibility index (Phi) is 4.55.